The third-order valence-electron chi connectivity index (χ3n) is 3.14. The number of ether oxygens (including phenoxy) is 2. The average Bonchev–Trinajstić information content (AvgIpc) is 2.95. The Hall–Kier alpha value is -1.52. The van der Waals surface area contributed by atoms with Crippen molar-refractivity contribution in [2.75, 3.05) is 14.2 Å². The molecule has 2 aromatic rings. The van der Waals surface area contributed by atoms with Crippen LogP contribution in [0.15, 0.2) is 30.3 Å². The lowest BCUT2D eigenvalue weighted by atomic mass is 10.2. The molecule has 1 aromatic heterocycles. The van der Waals surface area contributed by atoms with E-state index in [4.69, 9.17) is 9.47 Å². The van der Waals surface area contributed by atoms with Gasteiger partial charge in [-0.05, 0) is 36.2 Å². The summed E-state index contributed by atoms with van der Waals surface area (Å²) in [4.78, 5) is 2.82. The molecule has 0 atom stereocenters. The predicted octanol–water partition coefficient (Wildman–Crippen LogP) is 3.62. The normalized spacial score (nSPS) is 10.6. The van der Waals surface area contributed by atoms with Crippen molar-refractivity contribution >= 4 is 11.3 Å². The third kappa shape index (κ3) is 3.74. The molecule has 0 radical (unpaired) electrons. The van der Waals surface area contributed by atoms with E-state index in [1.165, 1.54) is 15.3 Å². The van der Waals surface area contributed by atoms with Crippen molar-refractivity contribution in [1.82, 2.24) is 5.32 Å². The number of hydrogen-bond donors (Lipinski definition) is 1. The van der Waals surface area contributed by atoms with Crippen LogP contribution >= 0.6 is 11.3 Å². The molecule has 20 heavy (non-hydrogen) atoms. The van der Waals surface area contributed by atoms with Crippen LogP contribution in [0.1, 0.15) is 22.2 Å². The molecule has 0 spiro atoms. The first kappa shape index (κ1) is 14.9. The molecule has 0 saturated heterocycles. The number of hydrogen-bond acceptors (Lipinski definition) is 4. The SMILES string of the molecule is CCc1ccc(CNCc2ccc(OC)c(OC)c2)s1. The molecule has 4 heteroatoms. The van der Waals surface area contributed by atoms with E-state index in [0.29, 0.717) is 0 Å². The summed E-state index contributed by atoms with van der Waals surface area (Å²) in [6.07, 6.45) is 1.11. The number of thiophene rings is 1. The highest BCUT2D eigenvalue weighted by molar-refractivity contribution is 7.11. The van der Waals surface area contributed by atoms with Crippen LogP contribution < -0.4 is 14.8 Å². The Balaban J connectivity index is 1.90. The zero-order valence-electron chi connectivity index (χ0n) is 12.2. The molecule has 0 aliphatic heterocycles. The van der Waals surface area contributed by atoms with Crippen LogP contribution in [0.5, 0.6) is 11.5 Å². The van der Waals surface area contributed by atoms with Crippen molar-refractivity contribution in [1.29, 1.82) is 0 Å². The Morgan fingerprint density at radius 2 is 1.70 bits per heavy atom. The van der Waals surface area contributed by atoms with Gasteiger partial charge in [0, 0.05) is 22.8 Å². The van der Waals surface area contributed by atoms with Crippen molar-refractivity contribution in [3.8, 4) is 11.5 Å². The molecule has 1 heterocycles. The maximum absolute atomic E-state index is 5.31. The van der Waals surface area contributed by atoms with E-state index in [-0.39, 0.29) is 0 Å². The summed E-state index contributed by atoms with van der Waals surface area (Å²) in [6.45, 7) is 3.91. The molecule has 0 unspecified atom stereocenters. The van der Waals surface area contributed by atoms with Gasteiger partial charge in [0.25, 0.3) is 0 Å². The van der Waals surface area contributed by atoms with Gasteiger partial charge in [-0.3, -0.25) is 0 Å². The molecule has 1 aromatic carbocycles. The predicted molar refractivity (Wildman–Crippen MR) is 83.8 cm³/mol. The lowest BCUT2D eigenvalue weighted by Gasteiger charge is -2.10. The van der Waals surface area contributed by atoms with Crippen LogP contribution in [0, 0.1) is 0 Å². The molecule has 0 fully saturated rings. The summed E-state index contributed by atoms with van der Waals surface area (Å²) < 4.78 is 10.5. The van der Waals surface area contributed by atoms with Gasteiger partial charge in [0.05, 0.1) is 14.2 Å². The standard InChI is InChI=1S/C16H21NO2S/c1-4-13-6-7-14(20-13)11-17-10-12-5-8-15(18-2)16(9-12)19-3/h5-9,17H,4,10-11H2,1-3H3. The van der Waals surface area contributed by atoms with E-state index in [1.807, 2.05) is 23.5 Å². The van der Waals surface area contributed by atoms with E-state index in [9.17, 15) is 0 Å². The molecule has 0 saturated carbocycles. The Morgan fingerprint density at radius 1 is 0.950 bits per heavy atom. The number of rotatable bonds is 7. The zero-order valence-corrected chi connectivity index (χ0v) is 13.0. The lowest BCUT2D eigenvalue weighted by molar-refractivity contribution is 0.354. The maximum atomic E-state index is 5.31. The summed E-state index contributed by atoms with van der Waals surface area (Å²) >= 11 is 1.87. The fourth-order valence-corrected chi connectivity index (χ4v) is 2.96. The van der Waals surface area contributed by atoms with E-state index >= 15 is 0 Å². The molecule has 1 N–H and O–H groups in total. The molecule has 108 valence electrons. The second kappa shape index (κ2) is 7.31. The molecule has 0 bridgehead atoms. The van der Waals surface area contributed by atoms with Gasteiger partial charge >= 0.3 is 0 Å². The van der Waals surface area contributed by atoms with Crippen LogP contribution in [-0.2, 0) is 19.5 Å². The Bertz CT molecular complexity index is 551. The topological polar surface area (TPSA) is 30.5 Å². The van der Waals surface area contributed by atoms with Crippen LogP contribution in [0.2, 0.25) is 0 Å². The summed E-state index contributed by atoms with van der Waals surface area (Å²) in [5, 5.41) is 3.46. The van der Waals surface area contributed by atoms with E-state index in [2.05, 4.69) is 30.4 Å². The van der Waals surface area contributed by atoms with Gasteiger partial charge in [0.15, 0.2) is 11.5 Å². The van der Waals surface area contributed by atoms with Crippen LogP contribution in [-0.4, -0.2) is 14.2 Å². The first-order chi connectivity index (χ1) is 9.76. The molecule has 3 nitrogen and oxygen atoms in total. The number of aryl methyl sites for hydroxylation is 1. The van der Waals surface area contributed by atoms with E-state index in [1.54, 1.807) is 14.2 Å². The minimum atomic E-state index is 0.766. The van der Waals surface area contributed by atoms with Crippen molar-refractivity contribution in [2.24, 2.45) is 0 Å². The second-order valence-electron chi connectivity index (χ2n) is 4.51. The van der Waals surface area contributed by atoms with E-state index in [0.717, 1.165) is 31.0 Å². The largest absolute Gasteiger partial charge is 0.493 e. The van der Waals surface area contributed by atoms with Crippen molar-refractivity contribution in [3.05, 3.63) is 45.6 Å². The zero-order chi connectivity index (χ0) is 14.4. The minimum Gasteiger partial charge on any atom is -0.493 e. The number of benzene rings is 1. The molecule has 0 aliphatic rings. The first-order valence-corrected chi connectivity index (χ1v) is 7.57. The highest BCUT2D eigenvalue weighted by atomic mass is 32.1. The summed E-state index contributed by atoms with van der Waals surface area (Å²) in [5.41, 5.74) is 1.19. The monoisotopic (exact) mass is 291 g/mol. The Kier molecular flexibility index (Phi) is 5.44. The number of nitrogens with one attached hydrogen (secondary N) is 1. The number of methoxy groups -OCH3 is 2. The highest BCUT2D eigenvalue weighted by Crippen LogP contribution is 2.27. The average molecular weight is 291 g/mol. The van der Waals surface area contributed by atoms with Crippen molar-refractivity contribution < 1.29 is 9.47 Å². The van der Waals surface area contributed by atoms with Crippen LogP contribution in [0.25, 0.3) is 0 Å². The van der Waals surface area contributed by atoms with Gasteiger partial charge in [-0.15, -0.1) is 11.3 Å². The quantitative estimate of drug-likeness (QED) is 0.845. The van der Waals surface area contributed by atoms with Gasteiger partial charge in [0.2, 0.25) is 0 Å². The Labute approximate surface area is 124 Å². The van der Waals surface area contributed by atoms with Crippen LogP contribution in [0.3, 0.4) is 0 Å². The third-order valence-corrected chi connectivity index (χ3v) is 4.37. The summed E-state index contributed by atoms with van der Waals surface area (Å²) in [7, 11) is 3.31. The van der Waals surface area contributed by atoms with Crippen molar-refractivity contribution in [3.63, 3.8) is 0 Å². The van der Waals surface area contributed by atoms with Gasteiger partial charge < -0.3 is 14.8 Å². The minimum absolute atomic E-state index is 0.766. The molecule has 0 aliphatic carbocycles. The smallest absolute Gasteiger partial charge is 0.161 e. The van der Waals surface area contributed by atoms with Gasteiger partial charge in [-0.2, -0.15) is 0 Å². The molecular weight excluding hydrogens is 270 g/mol. The first-order valence-electron chi connectivity index (χ1n) is 6.76. The summed E-state index contributed by atoms with van der Waals surface area (Å²) in [6, 6.07) is 10.4. The molecule has 2 rings (SSSR count). The fraction of sp³-hybridized carbons (Fsp3) is 0.375. The lowest BCUT2D eigenvalue weighted by Crippen LogP contribution is -2.11. The maximum Gasteiger partial charge on any atom is 0.161 e. The van der Waals surface area contributed by atoms with Crippen molar-refractivity contribution in [2.45, 2.75) is 26.4 Å². The van der Waals surface area contributed by atoms with Crippen LogP contribution in [0.4, 0.5) is 0 Å². The fourth-order valence-electron chi connectivity index (χ4n) is 2.03. The summed E-state index contributed by atoms with van der Waals surface area (Å²) in [5.74, 6) is 1.54. The molecule has 0 amide bonds. The Morgan fingerprint density at radius 3 is 2.35 bits per heavy atom. The molecular formula is C16H21NO2S. The van der Waals surface area contributed by atoms with Gasteiger partial charge in [-0.25, -0.2) is 0 Å². The second-order valence-corrected chi connectivity index (χ2v) is 5.77. The van der Waals surface area contributed by atoms with Gasteiger partial charge in [0.1, 0.15) is 0 Å². The highest BCUT2D eigenvalue weighted by Gasteiger charge is 2.04. The van der Waals surface area contributed by atoms with Gasteiger partial charge in [-0.1, -0.05) is 13.0 Å². The van der Waals surface area contributed by atoms with E-state index < -0.39 is 0 Å².